The van der Waals surface area contributed by atoms with Gasteiger partial charge in [-0.1, -0.05) is 59.6 Å². The topological polar surface area (TPSA) is 80.0 Å². The largest absolute Gasteiger partial charge is 0.418 e. The van der Waals surface area contributed by atoms with Crippen molar-refractivity contribution in [2.24, 2.45) is 0 Å². The van der Waals surface area contributed by atoms with E-state index in [1.807, 2.05) is 74.5 Å². The molecule has 0 fully saturated rings. The number of carbonyl (C=O) groups excluding carboxylic acids is 1. The number of nitrogens with one attached hydrogen (secondary N) is 2. The summed E-state index contributed by atoms with van der Waals surface area (Å²) >= 11 is 6.04. The normalized spacial score (nSPS) is 11.7. The lowest BCUT2D eigenvalue weighted by molar-refractivity contribution is 0.248. The number of benzene rings is 3. The molecule has 0 aliphatic rings. The van der Waals surface area contributed by atoms with E-state index in [0.29, 0.717) is 10.9 Å². The highest BCUT2D eigenvalue weighted by molar-refractivity contribution is 6.30. The zero-order valence-corrected chi connectivity index (χ0v) is 17.9. The molecule has 2 N–H and O–H groups in total. The van der Waals surface area contributed by atoms with Gasteiger partial charge in [-0.15, -0.1) is 10.2 Å². The molecular formula is C24H21ClN4O2. The van der Waals surface area contributed by atoms with Crippen LogP contribution >= 0.6 is 11.6 Å². The van der Waals surface area contributed by atoms with Crippen molar-refractivity contribution in [1.82, 2.24) is 15.5 Å². The molecule has 2 amide bonds. The maximum Gasteiger partial charge on any atom is 0.320 e. The van der Waals surface area contributed by atoms with E-state index >= 15 is 0 Å². The Balaban J connectivity index is 1.61. The van der Waals surface area contributed by atoms with Gasteiger partial charge in [0.05, 0.1) is 0 Å². The third kappa shape index (κ3) is 4.92. The Hall–Kier alpha value is -3.64. The third-order valence-corrected chi connectivity index (χ3v) is 5.07. The van der Waals surface area contributed by atoms with Crippen molar-refractivity contribution in [1.29, 1.82) is 0 Å². The predicted octanol–water partition coefficient (Wildman–Crippen LogP) is 5.92. The smallest absolute Gasteiger partial charge is 0.320 e. The molecule has 0 saturated carbocycles. The van der Waals surface area contributed by atoms with Gasteiger partial charge in [-0.25, -0.2) is 4.79 Å². The number of urea groups is 1. The molecule has 0 aliphatic carbocycles. The summed E-state index contributed by atoms with van der Waals surface area (Å²) in [5, 5.41) is 14.8. The number of hydrogen-bond donors (Lipinski definition) is 2. The number of rotatable bonds is 5. The van der Waals surface area contributed by atoms with Crippen molar-refractivity contribution in [3.63, 3.8) is 0 Å². The maximum absolute atomic E-state index is 12.8. The van der Waals surface area contributed by atoms with Crippen LogP contribution in [0.5, 0.6) is 0 Å². The van der Waals surface area contributed by atoms with Gasteiger partial charge in [-0.3, -0.25) is 0 Å². The van der Waals surface area contributed by atoms with Crippen LogP contribution in [-0.4, -0.2) is 16.2 Å². The Bertz CT molecular complexity index is 1190. The summed E-state index contributed by atoms with van der Waals surface area (Å²) in [5.74, 6) is 0.656. The minimum Gasteiger partial charge on any atom is -0.418 e. The first-order valence-electron chi connectivity index (χ1n) is 9.78. The number of hydrogen-bond acceptors (Lipinski definition) is 4. The van der Waals surface area contributed by atoms with Gasteiger partial charge in [0.25, 0.3) is 0 Å². The first-order chi connectivity index (χ1) is 15.0. The highest BCUT2D eigenvalue weighted by atomic mass is 35.5. The molecule has 0 bridgehead atoms. The summed E-state index contributed by atoms with van der Waals surface area (Å²) in [6.45, 7) is 3.96. The van der Waals surface area contributed by atoms with Gasteiger partial charge in [-0.05, 0) is 55.3 Å². The van der Waals surface area contributed by atoms with Crippen molar-refractivity contribution in [2.75, 3.05) is 5.32 Å². The molecule has 3 aromatic carbocycles. The van der Waals surface area contributed by atoms with Gasteiger partial charge >= 0.3 is 6.03 Å². The van der Waals surface area contributed by atoms with E-state index < -0.39 is 6.04 Å². The van der Waals surface area contributed by atoms with Crippen LogP contribution < -0.4 is 10.6 Å². The van der Waals surface area contributed by atoms with Gasteiger partial charge in [0, 0.05) is 16.3 Å². The van der Waals surface area contributed by atoms with Gasteiger partial charge in [0.1, 0.15) is 6.04 Å². The minimum absolute atomic E-state index is 0.275. The van der Waals surface area contributed by atoms with Crippen LogP contribution in [0.25, 0.3) is 11.5 Å². The summed E-state index contributed by atoms with van der Waals surface area (Å²) in [6.07, 6.45) is 0. The molecule has 0 unspecified atom stereocenters. The van der Waals surface area contributed by atoms with E-state index in [-0.39, 0.29) is 11.9 Å². The summed E-state index contributed by atoms with van der Waals surface area (Å²) in [4.78, 5) is 12.8. The lowest BCUT2D eigenvalue weighted by atomic mass is 10.1. The number of anilines is 1. The first-order valence-corrected chi connectivity index (χ1v) is 10.2. The molecule has 1 aromatic heterocycles. The van der Waals surface area contributed by atoms with E-state index in [2.05, 4.69) is 20.8 Å². The van der Waals surface area contributed by atoms with Crippen molar-refractivity contribution in [2.45, 2.75) is 19.9 Å². The Morgan fingerprint density at radius 3 is 2.42 bits per heavy atom. The van der Waals surface area contributed by atoms with E-state index in [1.165, 1.54) is 0 Å². The average molecular weight is 433 g/mol. The van der Waals surface area contributed by atoms with Gasteiger partial charge in [0.15, 0.2) is 0 Å². The second kappa shape index (κ2) is 9.02. The SMILES string of the molecule is Cc1ccc(NC(=O)N[C@H](c2ccc(Cl)cc2)c2nnc(-c3ccccc3)o2)c(C)c1. The Kier molecular flexibility index (Phi) is 6.00. The summed E-state index contributed by atoms with van der Waals surface area (Å²) in [6, 6.07) is 21.4. The Labute approximate surface area is 185 Å². The lowest BCUT2D eigenvalue weighted by Crippen LogP contribution is -2.33. The minimum atomic E-state index is -0.645. The van der Waals surface area contributed by atoms with Gasteiger partial charge < -0.3 is 15.1 Å². The van der Waals surface area contributed by atoms with Crippen LogP contribution in [0.3, 0.4) is 0 Å². The second-order valence-corrected chi connectivity index (χ2v) is 7.65. The number of carbonyl (C=O) groups is 1. The fourth-order valence-corrected chi connectivity index (χ4v) is 3.36. The highest BCUT2D eigenvalue weighted by Crippen LogP contribution is 2.26. The number of aryl methyl sites for hydroxylation is 2. The van der Waals surface area contributed by atoms with E-state index in [1.54, 1.807) is 12.1 Å². The van der Waals surface area contributed by atoms with Crippen LogP contribution in [0.2, 0.25) is 5.02 Å². The molecule has 6 nitrogen and oxygen atoms in total. The van der Waals surface area contributed by atoms with Crippen molar-refractivity contribution < 1.29 is 9.21 Å². The molecule has 4 aromatic rings. The fraction of sp³-hybridized carbons (Fsp3) is 0.125. The number of halogens is 1. The summed E-state index contributed by atoms with van der Waals surface area (Å²) in [7, 11) is 0. The zero-order valence-electron chi connectivity index (χ0n) is 17.1. The maximum atomic E-state index is 12.8. The Morgan fingerprint density at radius 1 is 0.968 bits per heavy atom. The standard InChI is InChI=1S/C24H21ClN4O2/c1-15-8-13-20(16(2)14-15)26-24(30)27-21(17-9-11-19(25)12-10-17)23-29-28-22(31-23)18-6-4-3-5-7-18/h3-14,21H,1-2H3,(H2,26,27,30)/t21-/m1/s1. The van der Waals surface area contributed by atoms with Gasteiger partial charge in [0.2, 0.25) is 11.8 Å². The van der Waals surface area contributed by atoms with Gasteiger partial charge in [-0.2, -0.15) is 0 Å². The molecule has 4 rings (SSSR count). The van der Waals surface area contributed by atoms with Crippen LogP contribution in [0.15, 0.2) is 77.2 Å². The molecule has 1 heterocycles. The molecular weight excluding hydrogens is 412 g/mol. The van der Waals surface area contributed by atoms with Crippen molar-refractivity contribution in [3.05, 3.63) is 100 Å². The quantitative estimate of drug-likeness (QED) is 0.410. The molecule has 156 valence electrons. The van der Waals surface area contributed by atoms with E-state index in [9.17, 15) is 4.79 Å². The van der Waals surface area contributed by atoms with Crippen LogP contribution in [0.1, 0.15) is 28.6 Å². The Morgan fingerprint density at radius 2 is 1.71 bits per heavy atom. The molecule has 0 saturated heterocycles. The average Bonchev–Trinajstić information content (AvgIpc) is 3.25. The van der Waals surface area contributed by atoms with Crippen molar-refractivity contribution in [3.8, 4) is 11.5 Å². The molecule has 1 atom stereocenters. The molecule has 0 aliphatic heterocycles. The number of nitrogens with zero attached hydrogens (tertiary/aromatic N) is 2. The van der Waals surface area contributed by atoms with Crippen LogP contribution in [0.4, 0.5) is 10.5 Å². The highest BCUT2D eigenvalue weighted by Gasteiger charge is 2.24. The molecule has 31 heavy (non-hydrogen) atoms. The first kappa shape index (κ1) is 20.6. The summed E-state index contributed by atoms with van der Waals surface area (Å²) in [5.41, 5.74) is 4.40. The van der Waals surface area contributed by atoms with E-state index in [4.69, 9.17) is 16.0 Å². The van der Waals surface area contributed by atoms with Crippen LogP contribution in [-0.2, 0) is 0 Å². The second-order valence-electron chi connectivity index (χ2n) is 7.21. The van der Waals surface area contributed by atoms with Crippen LogP contribution in [0, 0.1) is 13.8 Å². The molecule has 0 spiro atoms. The number of amides is 2. The fourth-order valence-electron chi connectivity index (χ4n) is 3.23. The summed E-state index contributed by atoms with van der Waals surface area (Å²) < 4.78 is 5.91. The number of aromatic nitrogens is 2. The molecule has 0 radical (unpaired) electrons. The third-order valence-electron chi connectivity index (χ3n) is 4.82. The predicted molar refractivity (Wildman–Crippen MR) is 121 cm³/mol. The zero-order chi connectivity index (χ0) is 21.8. The lowest BCUT2D eigenvalue weighted by Gasteiger charge is -2.17. The van der Waals surface area contributed by atoms with Crippen molar-refractivity contribution >= 4 is 23.3 Å². The molecule has 7 heteroatoms. The van der Waals surface area contributed by atoms with E-state index in [0.717, 1.165) is 27.9 Å². The monoisotopic (exact) mass is 432 g/mol.